The van der Waals surface area contributed by atoms with E-state index in [4.69, 9.17) is 9.47 Å². The minimum atomic E-state index is -3.26. The summed E-state index contributed by atoms with van der Waals surface area (Å²) in [5.41, 5.74) is 5.20. The third-order valence-electron chi connectivity index (χ3n) is 7.51. The number of nitrogens with one attached hydrogen (secondary N) is 1. The van der Waals surface area contributed by atoms with Gasteiger partial charge in [-0.05, 0) is 78.3 Å². The summed E-state index contributed by atoms with van der Waals surface area (Å²) in [4.78, 5) is 13.4. The number of fused-ring (bicyclic) bond motifs is 1. The highest BCUT2D eigenvalue weighted by atomic mass is 32.2. The SMILES string of the molecule is CCCCS(=O)(=O)N(C)Cc1ccc(-c2cc(NC(=O)C3(c4ccc5c(c4)OCO5)CC3)ccc2C)cc1. The van der Waals surface area contributed by atoms with Crippen LogP contribution in [0.1, 0.15) is 49.3 Å². The molecule has 0 atom stereocenters. The highest BCUT2D eigenvalue weighted by Gasteiger charge is 2.51. The van der Waals surface area contributed by atoms with Gasteiger partial charge in [-0.15, -0.1) is 0 Å². The molecule has 0 spiro atoms. The molecule has 0 saturated heterocycles. The summed E-state index contributed by atoms with van der Waals surface area (Å²) in [6.45, 7) is 4.57. The summed E-state index contributed by atoms with van der Waals surface area (Å²) >= 11 is 0. The van der Waals surface area contributed by atoms with Crippen LogP contribution in [0.15, 0.2) is 60.7 Å². The van der Waals surface area contributed by atoms with E-state index in [1.807, 2.05) is 74.5 Å². The number of ether oxygens (including phenoxy) is 2. The van der Waals surface area contributed by atoms with Gasteiger partial charge in [0.25, 0.3) is 0 Å². The first-order chi connectivity index (χ1) is 18.2. The molecule has 0 aromatic heterocycles. The third-order valence-corrected chi connectivity index (χ3v) is 9.39. The number of carbonyl (C=O) groups excluding carboxylic acids is 1. The monoisotopic (exact) mass is 534 g/mol. The molecule has 1 aliphatic heterocycles. The van der Waals surface area contributed by atoms with Crippen LogP contribution in [0, 0.1) is 6.92 Å². The van der Waals surface area contributed by atoms with E-state index in [2.05, 4.69) is 5.32 Å². The standard InChI is InChI=1S/C30H34N2O5S/c1-4-5-16-38(34,35)32(3)19-22-7-9-23(10-8-22)26-18-25(12-6-21(26)2)31-29(33)30(14-15-30)24-11-13-27-28(17-24)37-20-36-27/h6-13,17-18H,4-5,14-16,19-20H2,1-3H3,(H,31,33). The van der Waals surface area contributed by atoms with E-state index in [9.17, 15) is 13.2 Å². The highest BCUT2D eigenvalue weighted by molar-refractivity contribution is 7.89. The average Bonchev–Trinajstić information content (AvgIpc) is 3.59. The Labute approximate surface area is 224 Å². The van der Waals surface area contributed by atoms with Crippen LogP contribution in [0.25, 0.3) is 11.1 Å². The van der Waals surface area contributed by atoms with Crippen LogP contribution in [0.4, 0.5) is 5.69 Å². The Hall–Kier alpha value is -3.36. The second-order valence-corrected chi connectivity index (χ2v) is 12.5. The van der Waals surface area contributed by atoms with Crippen LogP contribution in [-0.4, -0.2) is 38.2 Å². The zero-order chi connectivity index (χ0) is 26.9. The lowest BCUT2D eigenvalue weighted by Crippen LogP contribution is -2.28. The summed E-state index contributed by atoms with van der Waals surface area (Å²) in [5.74, 6) is 1.55. The Morgan fingerprint density at radius 3 is 2.45 bits per heavy atom. The molecule has 7 nitrogen and oxygen atoms in total. The maximum Gasteiger partial charge on any atom is 0.235 e. The third kappa shape index (κ3) is 5.28. The summed E-state index contributed by atoms with van der Waals surface area (Å²) < 4.78 is 37.2. The fourth-order valence-electron chi connectivity index (χ4n) is 4.86. The number of unbranched alkanes of at least 4 members (excludes halogenated alkanes) is 1. The van der Waals surface area contributed by atoms with Crippen LogP contribution in [0.5, 0.6) is 11.5 Å². The Kier molecular flexibility index (Phi) is 7.20. The first kappa shape index (κ1) is 26.3. The van der Waals surface area contributed by atoms with Gasteiger partial charge in [0.15, 0.2) is 11.5 Å². The van der Waals surface area contributed by atoms with E-state index in [0.717, 1.165) is 52.8 Å². The Morgan fingerprint density at radius 1 is 1.00 bits per heavy atom. The maximum absolute atomic E-state index is 13.4. The van der Waals surface area contributed by atoms with Gasteiger partial charge >= 0.3 is 0 Å². The van der Waals surface area contributed by atoms with Gasteiger partial charge in [0, 0.05) is 19.3 Å². The first-order valence-corrected chi connectivity index (χ1v) is 14.7. The molecule has 8 heteroatoms. The number of amides is 1. The number of aryl methyl sites for hydroxylation is 1. The van der Waals surface area contributed by atoms with E-state index in [1.54, 1.807) is 7.05 Å². The average molecular weight is 535 g/mol. The number of hydrogen-bond donors (Lipinski definition) is 1. The molecular formula is C30H34N2O5S. The number of benzene rings is 3. The number of anilines is 1. The Morgan fingerprint density at radius 2 is 1.74 bits per heavy atom. The quantitative estimate of drug-likeness (QED) is 0.365. The normalized spacial score (nSPS) is 15.5. The lowest BCUT2D eigenvalue weighted by atomic mass is 9.94. The van der Waals surface area contributed by atoms with Crippen molar-refractivity contribution in [3.8, 4) is 22.6 Å². The first-order valence-electron chi connectivity index (χ1n) is 13.1. The van der Waals surface area contributed by atoms with Gasteiger partial charge in [0.2, 0.25) is 22.7 Å². The van der Waals surface area contributed by atoms with Crippen LogP contribution < -0.4 is 14.8 Å². The molecule has 5 rings (SSSR count). The highest BCUT2D eigenvalue weighted by Crippen LogP contribution is 2.51. The summed E-state index contributed by atoms with van der Waals surface area (Å²) in [5, 5.41) is 3.13. The smallest absolute Gasteiger partial charge is 0.235 e. The zero-order valence-corrected chi connectivity index (χ0v) is 22.9. The number of sulfonamides is 1. The van der Waals surface area contributed by atoms with Crippen molar-refractivity contribution in [1.29, 1.82) is 0 Å². The molecule has 2 aliphatic rings. The van der Waals surface area contributed by atoms with Gasteiger partial charge in [-0.1, -0.05) is 49.7 Å². The summed E-state index contributed by atoms with van der Waals surface area (Å²) in [7, 11) is -1.63. The van der Waals surface area contributed by atoms with Gasteiger partial charge in [-0.25, -0.2) is 12.7 Å². The van der Waals surface area contributed by atoms with Gasteiger partial charge in [0.1, 0.15) is 0 Å². The molecule has 1 saturated carbocycles. The Bertz CT molecular complexity index is 1450. The van der Waals surface area contributed by atoms with Crippen LogP contribution in [-0.2, 0) is 26.8 Å². The van der Waals surface area contributed by atoms with E-state index in [1.165, 1.54) is 4.31 Å². The minimum Gasteiger partial charge on any atom is -0.454 e. The molecule has 0 unspecified atom stereocenters. The summed E-state index contributed by atoms with van der Waals surface area (Å²) in [6, 6.07) is 19.6. The summed E-state index contributed by atoms with van der Waals surface area (Å²) in [6.07, 6.45) is 3.10. The Balaban J connectivity index is 1.29. The fourth-order valence-corrected chi connectivity index (χ4v) is 6.17. The van der Waals surface area contributed by atoms with Crippen molar-refractivity contribution in [1.82, 2.24) is 4.31 Å². The molecule has 200 valence electrons. The largest absolute Gasteiger partial charge is 0.454 e. The second kappa shape index (κ2) is 10.4. The van der Waals surface area contributed by atoms with Gasteiger partial charge in [0.05, 0.1) is 11.2 Å². The lowest BCUT2D eigenvalue weighted by molar-refractivity contribution is -0.118. The molecule has 1 amide bonds. The van der Waals surface area contributed by atoms with Gasteiger partial charge in [-0.3, -0.25) is 4.79 Å². The maximum atomic E-state index is 13.4. The topological polar surface area (TPSA) is 84.9 Å². The number of hydrogen-bond acceptors (Lipinski definition) is 5. The molecule has 1 N–H and O–H groups in total. The van der Waals surface area contributed by atoms with E-state index in [-0.39, 0.29) is 18.5 Å². The van der Waals surface area contributed by atoms with Crippen LogP contribution >= 0.6 is 0 Å². The molecule has 3 aromatic carbocycles. The number of rotatable bonds is 10. The van der Waals surface area contributed by atoms with Crippen molar-refractivity contribution in [2.24, 2.45) is 0 Å². The predicted molar refractivity (Wildman–Crippen MR) is 149 cm³/mol. The van der Waals surface area contributed by atoms with Crippen molar-refractivity contribution < 1.29 is 22.7 Å². The van der Waals surface area contributed by atoms with E-state index >= 15 is 0 Å². The van der Waals surface area contributed by atoms with Gasteiger partial charge < -0.3 is 14.8 Å². The van der Waals surface area contributed by atoms with E-state index in [0.29, 0.717) is 24.5 Å². The minimum absolute atomic E-state index is 0.0196. The lowest BCUT2D eigenvalue weighted by Gasteiger charge is -2.18. The molecule has 3 aromatic rings. The number of nitrogens with zero attached hydrogens (tertiary/aromatic N) is 1. The molecule has 38 heavy (non-hydrogen) atoms. The molecule has 1 heterocycles. The van der Waals surface area contributed by atoms with Crippen LogP contribution in [0.2, 0.25) is 0 Å². The van der Waals surface area contributed by atoms with Crippen molar-refractivity contribution in [2.75, 3.05) is 24.9 Å². The molecule has 1 aliphatic carbocycles. The van der Waals surface area contributed by atoms with E-state index < -0.39 is 15.4 Å². The van der Waals surface area contributed by atoms with Crippen molar-refractivity contribution >= 4 is 21.6 Å². The molecule has 0 bridgehead atoms. The van der Waals surface area contributed by atoms with Crippen LogP contribution in [0.3, 0.4) is 0 Å². The molecule has 0 radical (unpaired) electrons. The number of carbonyl (C=O) groups is 1. The van der Waals surface area contributed by atoms with Crippen molar-refractivity contribution in [3.05, 3.63) is 77.4 Å². The van der Waals surface area contributed by atoms with Crippen molar-refractivity contribution in [3.63, 3.8) is 0 Å². The zero-order valence-electron chi connectivity index (χ0n) is 22.1. The fraction of sp³-hybridized carbons (Fsp3) is 0.367. The predicted octanol–water partition coefficient (Wildman–Crippen LogP) is 5.62. The second-order valence-electron chi connectivity index (χ2n) is 10.3. The molecular weight excluding hydrogens is 500 g/mol. The molecule has 1 fully saturated rings. The van der Waals surface area contributed by atoms with Gasteiger partial charge in [-0.2, -0.15) is 0 Å². The van der Waals surface area contributed by atoms with Crippen molar-refractivity contribution in [2.45, 2.75) is 51.5 Å².